The Kier molecular flexibility index (Phi) is 8.48. The van der Waals surface area contributed by atoms with E-state index >= 15 is 0 Å². The van der Waals surface area contributed by atoms with Crippen LogP contribution >= 0.6 is 11.3 Å². The molecule has 0 aliphatic heterocycles. The van der Waals surface area contributed by atoms with Crippen LogP contribution < -0.4 is 4.90 Å². The molecule has 2 heterocycles. The fraction of sp³-hybridized carbons (Fsp3) is 0.111. The van der Waals surface area contributed by atoms with Crippen molar-refractivity contribution in [2.24, 2.45) is 0 Å². The summed E-state index contributed by atoms with van der Waals surface area (Å²) in [5.74, 6) is 0. The number of nitrogens with zero attached hydrogens (tertiary/aromatic N) is 2. The maximum absolute atomic E-state index is 2.56. The third-order valence-electron chi connectivity index (χ3n) is 12.1. The van der Waals surface area contributed by atoms with Crippen molar-refractivity contribution in [2.75, 3.05) is 4.90 Å². The molecule has 11 rings (SSSR count). The van der Waals surface area contributed by atoms with Gasteiger partial charge in [0.15, 0.2) is 0 Å². The molecule has 2 aromatic heterocycles. The zero-order chi connectivity index (χ0) is 37.7. The van der Waals surface area contributed by atoms with Crippen LogP contribution in [0.1, 0.15) is 48.1 Å². The van der Waals surface area contributed by atoms with Crippen molar-refractivity contribution in [3.63, 3.8) is 0 Å². The van der Waals surface area contributed by atoms with Gasteiger partial charge in [0, 0.05) is 43.5 Å². The van der Waals surface area contributed by atoms with E-state index in [1.807, 2.05) is 11.3 Å². The average molecular weight is 751 g/mol. The van der Waals surface area contributed by atoms with Crippen LogP contribution in [0.2, 0.25) is 0 Å². The van der Waals surface area contributed by atoms with Crippen LogP contribution in [0.25, 0.3) is 65.1 Å². The first-order valence-electron chi connectivity index (χ1n) is 20.3. The number of hydrogen-bond acceptors (Lipinski definition) is 2. The molecule has 1 unspecified atom stereocenters. The fourth-order valence-corrected chi connectivity index (χ4v) is 10.5. The number of thiophene rings is 1. The molecule has 2 nitrogen and oxygen atoms in total. The minimum Gasteiger partial charge on any atom is -0.334 e. The van der Waals surface area contributed by atoms with Crippen molar-refractivity contribution in [3.8, 4) is 16.8 Å². The lowest BCUT2D eigenvalue weighted by molar-refractivity contribution is 0.787. The molecular weight excluding hydrogens is 709 g/mol. The van der Waals surface area contributed by atoms with Gasteiger partial charge in [-0.05, 0) is 114 Å². The summed E-state index contributed by atoms with van der Waals surface area (Å²) < 4.78 is 5.26. The van der Waals surface area contributed by atoms with Gasteiger partial charge in [-0.3, -0.25) is 0 Å². The standard InChI is InChI=1S/C54H42N2S/c1-3-12-37(13-4-1)39-22-29-43(30-23-39)55(44-31-24-40(25-32-44)38-14-5-2-6-15-38)45-33-26-41(27-34-45)42-28-35-51-49(36-42)46-16-7-9-19-50(46)56(51)52-20-11-18-48-47-17-8-10-21-53(47)57-54(48)52/h1-5,7-8,10-14,16-18,20-33,35-36,45H,6,9,15,19,34H2. The van der Waals surface area contributed by atoms with E-state index in [1.165, 1.54) is 92.8 Å². The van der Waals surface area contributed by atoms with Crippen LogP contribution in [0, 0.1) is 0 Å². The van der Waals surface area contributed by atoms with E-state index in [0.717, 1.165) is 32.1 Å². The van der Waals surface area contributed by atoms with Gasteiger partial charge < -0.3 is 9.47 Å². The third-order valence-corrected chi connectivity index (χ3v) is 13.3. The number of rotatable bonds is 7. The van der Waals surface area contributed by atoms with E-state index in [-0.39, 0.29) is 6.04 Å². The van der Waals surface area contributed by atoms with Crippen LogP contribution in [-0.2, 0) is 6.42 Å². The van der Waals surface area contributed by atoms with Crippen LogP contribution in [0.15, 0.2) is 182 Å². The van der Waals surface area contributed by atoms with Gasteiger partial charge in [0.25, 0.3) is 0 Å². The van der Waals surface area contributed by atoms with Gasteiger partial charge in [-0.2, -0.15) is 0 Å². The molecule has 57 heavy (non-hydrogen) atoms. The van der Waals surface area contributed by atoms with E-state index in [9.17, 15) is 0 Å². The molecule has 0 saturated carbocycles. The highest BCUT2D eigenvalue weighted by atomic mass is 32.1. The van der Waals surface area contributed by atoms with Crippen molar-refractivity contribution in [1.82, 2.24) is 4.57 Å². The Labute approximate surface area is 338 Å². The summed E-state index contributed by atoms with van der Waals surface area (Å²) in [6, 6.07) is 51.9. The highest BCUT2D eigenvalue weighted by Gasteiger charge is 2.24. The molecule has 0 bridgehead atoms. The van der Waals surface area contributed by atoms with Crippen molar-refractivity contribution in [1.29, 1.82) is 0 Å². The first kappa shape index (κ1) is 33.9. The largest absolute Gasteiger partial charge is 0.334 e. The molecular formula is C54H42N2S. The maximum atomic E-state index is 2.56. The third kappa shape index (κ3) is 6.02. The second-order valence-electron chi connectivity index (χ2n) is 15.4. The van der Waals surface area contributed by atoms with Crippen LogP contribution in [0.4, 0.5) is 11.4 Å². The summed E-state index contributed by atoms with van der Waals surface area (Å²) in [6.45, 7) is 0. The molecule has 6 aromatic carbocycles. The van der Waals surface area contributed by atoms with Gasteiger partial charge in [0.2, 0.25) is 0 Å². The topological polar surface area (TPSA) is 8.17 Å². The Hall–Kier alpha value is -6.42. The SMILES string of the molecule is C1=CCCC(c2ccc(N(c3ccc(-c4ccccc4)cc3)C3C=CC(c4ccc5c(c4)c4c(n5-c5cccc6c5sc5ccccc56)CCC=C4)=CC3)cc2)=C1. The number of anilines is 2. The number of benzene rings is 6. The van der Waals surface area contributed by atoms with Crippen molar-refractivity contribution >= 4 is 71.0 Å². The van der Waals surface area contributed by atoms with Crippen molar-refractivity contribution in [2.45, 2.75) is 38.1 Å². The summed E-state index contributed by atoms with van der Waals surface area (Å²) in [7, 11) is 0. The lowest BCUT2D eigenvalue weighted by Gasteiger charge is -2.33. The first-order valence-corrected chi connectivity index (χ1v) is 21.1. The molecule has 3 heteroatoms. The number of allylic oxidation sites excluding steroid dienone is 7. The molecule has 274 valence electrons. The monoisotopic (exact) mass is 750 g/mol. The maximum Gasteiger partial charge on any atom is 0.0637 e. The summed E-state index contributed by atoms with van der Waals surface area (Å²) in [4.78, 5) is 2.51. The highest BCUT2D eigenvalue weighted by molar-refractivity contribution is 7.26. The Morgan fingerprint density at radius 1 is 0.596 bits per heavy atom. The Bertz CT molecular complexity index is 2970. The number of aromatic nitrogens is 1. The van der Waals surface area contributed by atoms with E-state index < -0.39 is 0 Å². The number of fused-ring (bicyclic) bond motifs is 6. The molecule has 0 spiro atoms. The lowest BCUT2D eigenvalue weighted by Crippen LogP contribution is -2.30. The number of hydrogen-bond donors (Lipinski definition) is 0. The molecule has 8 aromatic rings. The molecule has 3 aliphatic rings. The molecule has 0 fully saturated rings. The molecule has 0 saturated heterocycles. The van der Waals surface area contributed by atoms with Gasteiger partial charge in [-0.15, -0.1) is 11.3 Å². The summed E-state index contributed by atoms with van der Waals surface area (Å²) >= 11 is 1.91. The predicted molar refractivity (Wildman–Crippen MR) is 246 cm³/mol. The summed E-state index contributed by atoms with van der Waals surface area (Å²) in [6.07, 6.45) is 23.8. The molecule has 0 radical (unpaired) electrons. The Morgan fingerprint density at radius 2 is 1.33 bits per heavy atom. The van der Waals surface area contributed by atoms with Gasteiger partial charge >= 0.3 is 0 Å². The smallest absolute Gasteiger partial charge is 0.0637 e. The van der Waals surface area contributed by atoms with E-state index in [0.29, 0.717) is 0 Å². The van der Waals surface area contributed by atoms with Gasteiger partial charge in [0.05, 0.1) is 21.9 Å². The molecule has 0 amide bonds. The van der Waals surface area contributed by atoms with E-state index in [2.05, 4.69) is 198 Å². The Morgan fingerprint density at radius 3 is 2.12 bits per heavy atom. The summed E-state index contributed by atoms with van der Waals surface area (Å²) in [5.41, 5.74) is 15.5. The summed E-state index contributed by atoms with van der Waals surface area (Å²) in [5, 5.41) is 4.02. The molecule has 1 atom stereocenters. The van der Waals surface area contributed by atoms with Gasteiger partial charge in [0.1, 0.15) is 0 Å². The quantitative estimate of drug-likeness (QED) is 0.157. The lowest BCUT2D eigenvalue weighted by atomic mass is 9.93. The second kappa shape index (κ2) is 14.3. The Balaban J connectivity index is 0.943. The first-order chi connectivity index (χ1) is 28.3. The minimum absolute atomic E-state index is 0.182. The normalized spacial score (nSPS) is 16.2. The van der Waals surface area contributed by atoms with E-state index in [1.54, 1.807) is 0 Å². The highest BCUT2D eigenvalue weighted by Crippen LogP contribution is 2.43. The van der Waals surface area contributed by atoms with Gasteiger partial charge in [-0.25, -0.2) is 0 Å². The zero-order valence-corrected chi connectivity index (χ0v) is 32.6. The average Bonchev–Trinajstić information content (AvgIpc) is 3.84. The van der Waals surface area contributed by atoms with Crippen molar-refractivity contribution < 1.29 is 0 Å². The van der Waals surface area contributed by atoms with E-state index in [4.69, 9.17) is 0 Å². The van der Waals surface area contributed by atoms with Crippen molar-refractivity contribution in [3.05, 3.63) is 204 Å². The molecule has 0 N–H and O–H groups in total. The van der Waals surface area contributed by atoms with Crippen LogP contribution in [0.5, 0.6) is 0 Å². The minimum atomic E-state index is 0.182. The van der Waals surface area contributed by atoms with Crippen LogP contribution in [-0.4, -0.2) is 10.6 Å². The van der Waals surface area contributed by atoms with Gasteiger partial charge in [-0.1, -0.05) is 140 Å². The second-order valence-corrected chi connectivity index (χ2v) is 16.5. The zero-order valence-electron chi connectivity index (χ0n) is 31.8. The fourth-order valence-electron chi connectivity index (χ4n) is 9.26. The molecule has 3 aliphatic carbocycles. The van der Waals surface area contributed by atoms with Crippen LogP contribution in [0.3, 0.4) is 0 Å². The predicted octanol–water partition coefficient (Wildman–Crippen LogP) is 14.9.